The van der Waals surface area contributed by atoms with E-state index in [1.54, 1.807) is 0 Å². The van der Waals surface area contributed by atoms with Gasteiger partial charge in [-0.2, -0.15) is 0 Å². The lowest BCUT2D eigenvalue weighted by atomic mass is 9.39. The predicted molar refractivity (Wildman–Crippen MR) is 97.7 cm³/mol. The molecule has 1 aliphatic heterocycles. The third-order valence-electron chi connectivity index (χ3n) is 9.01. The maximum Gasteiger partial charge on any atom is 0.302 e. The number of Topliss-reactive ketones (excluding diaryl/α,β-unsaturated/α-hetero) is 1. The van der Waals surface area contributed by atoms with Crippen LogP contribution < -0.4 is 0 Å². The number of esters is 1. The molecule has 2 spiro atoms. The first kappa shape index (κ1) is 17.9. The standard InChI is InChI=1S/C22H30O5/c1-11-13-8-16-22(27-16)20(5)15(26-12(2)23)6-7-19(3,4)17(20)14(24)10-21(22,9-13)18(11)25/h13-17,24H,1,6-10H2,2-5H3/t13-,14+,15+,16-,17-,20-,21-,22+/m1/s1. The molecule has 0 aromatic heterocycles. The van der Waals surface area contributed by atoms with Gasteiger partial charge in [-0.05, 0) is 49.0 Å². The van der Waals surface area contributed by atoms with Crippen LogP contribution in [0.15, 0.2) is 12.2 Å². The van der Waals surface area contributed by atoms with Crippen LogP contribution in [0.25, 0.3) is 0 Å². The van der Waals surface area contributed by atoms with E-state index in [2.05, 4.69) is 27.4 Å². The Balaban J connectivity index is 1.72. The highest BCUT2D eigenvalue weighted by Gasteiger charge is 2.88. The molecule has 5 aliphatic rings. The second-order valence-corrected chi connectivity index (χ2v) is 10.6. The summed E-state index contributed by atoms with van der Waals surface area (Å²) in [7, 11) is 0. The molecule has 2 bridgehead atoms. The van der Waals surface area contributed by atoms with Crippen LogP contribution >= 0.6 is 0 Å². The van der Waals surface area contributed by atoms with Crippen molar-refractivity contribution in [2.24, 2.45) is 28.1 Å². The smallest absolute Gasteiger partial charge is 0.302 e. The number of rotatable bonds is 1. The molecule has 1 saturated heterocycles. The number of ketones is 1. The number of carbonyl (C=O) groups excluding carboxylic acids is 2. The van der Waals surface area contributed by atoms with Crippen molar-refractivity contribution in [3.63, 3.8) is 0 Å². The molecule has 0 radical (unpaired) electrons. The first-order chi connectivity index (χ1) is 12.5. The van der Waals surface area contributed by atoms with E-state index < -0.39 is 22.5 Å². The van der Waals surface area contributed by atoms with E-state index in [-0.39, 0.29) is 41.2 Å². The Bertz CT molecular complexity index is 771. The number of aliphatic hydroxyl groups is 1. The Labute approximate surface area is 160 Å². The molecule has 0 aromatic rings. The lowest BCUT2D eigenvalue weighted by Crippen LogP contribution is -2.72. The average Bonchev–Trinajstić information content (AvgIpc) is 3.27. The summed E-state index contributed by atoms with van der Waals surface area (Å²) in [5.41, 5.74) is -1.36. The minimum Gasteiger partial charge on any atom is -0.462 e. The second kappa shape index (κ2) is 4.85. The van der Waals surface area contributed by atoms with Crippen molar-refractivity contribution in [1.82, 2.24) is 0 Å². The molecular formula is C22H30O5. The maximum absolute atomic E-state index is 13.4. The Morgan fingerprint density at radius 3 is 2.67 bits per heavy atom. The molecule has 4 aliphatic carbocycles. The van der Waals surface area contributed by atoms with Gasteiger partial charge in [0.05, 0.1) is 17.6 Å². The van der Waals surface area contributed by atoms with Crippen molar-refractivity contribution in [2.45, 2.75) is 83.7 Å². The topological polar surface area (TPSA) is 76.1 Å². The van der Waals surface area contributed by atoms with Crippen molar-refractivity contribution in [3.05, 3.63) is 12.2 Å². The number of hydrogen-bond acceptors (Lipinski definition) is 5. The molecule has 1 N–H and O–H groups in total. The molecule has 27 heavy (non-hydrogen) atoms. The first-order valence-electron chi connectivity index (χ1n) is 10.3. The molecule has 5 fully saturated rings. The van der Waals surface area contributed by atoms with Crippen LogP contribution in [0.4, 0.5) is 0 Å². The number of ether oxygens (including phenoxy) is 2. The highest BCUT2D eigenvalue weighted by Crippen LogP contribution is 2.80. The van der Waals surface area contributed by atoms with Crippen molar-refractivity contribution in [3.8, 4) is 0 Å². The number of fused-ring (bicyclic) bond motifs is 2. The highest BCUT2D eigenvalue weighted by atomic mass is 16.6. The van der Waals surface area contributed by atoms with Crippen LogP contribution in [0.5, 0.6) is 0 Å². The fourth-order valence-electron chi connectivity index (χ4n) is 8.29. The van der Waals surface area contributed by atoms with Gasteiger partial charge in [0.2, 0.25) is 0 Å². The largest absolute Gasteiger partial charge is 0.462 e. The van der Waals surface area contributed by atoms with E-state index in [9.17, 15) is 14.7 Å². The molecule has 0 aromatic carbocycles. The molecule has 0 unspecified atom stereocenters. The lowest BCUT2D eigenvalue weighted by molar-refractivity contribution is -0.243. The van der Waals surface area contributed by atoms with Crippen LogP contribution in [0.2, 0.25) is 0 Å². The monoisotopic (exact) mass is 374 g/mol. The van der Waals surface area contributed by atoms with Gasteiger partial charge in [0.15, 0.2) is 5.78 Å². The Hall–Kier alpha value is -1.20. The highest BCUT2D eigenvalue weighted by molar-refractivity contribution is 6.04. The minimum atomic E-state index is -0.714. The third kappa shape index (κ3) is 1.75. The summed E-state index contributed by atoms with van der Waals surface area (Å²) in [4.78, 5) is 25.3. The van der Waals surface area contributed by atoms with Gasteiger partial charge in [-0.25, -0.2) is 0 Å². The maximum atomic E-state index is 13.4. The van der Waals surface area contributed by atoms with Gasteiger partial charge in [0.1, 0.15) is 11.7 Å². The van der Waals surface area contributed by atoms with E-state index in [1.807, 2.05) is 0 Å². The quantitative estimate of drug-likeness (QED) is 0.434. The summed E-state index contributed by atoms with van der Waals surface area (Å²) >= 11 is 0. The van der Waals surface area contributed by atoms with Gasteiger partial charge in [0.25, 0.3) is 0 Å². The lowest BCUT2D eigenvalue weighted by Gasteiger charge is -2.65. The predicted octanol–water partition coefficient (Wildman–Crippen LogP) is 2.80. The Kier molecular flexibility index (Phi) is 3.21. The number of allylic oxidation sites excluding steroid dienone is 1. The normalized spacial score (nSPS) is 54.6. The molecule has 4 saturated carbocycles. The molecular weight excluding hydrogens is 344 g/mol. The number of carbonyl (C=O) groups is 2. The van der Waals surface area contributed by atoms with Gasteiger partial charge in [-0.15, -0.1) is 0 Å². The second-order valence-electron chi connectivity index (χ2n) is 10.6. The molecule has 5 nitrogen and oxygen atoms in total. The first-order valence-corrected chi connectivity index (χ1v) is 10.3. The van der Waals surface area contributed by atoms with Crippen LogP contribution in [0.3, 0.4) is 0 Å². The van der Waals surface area contributed by atoms with E-state index in [1.165, 1.54) is 6.92 Å². The van der Waals surface area contributed by atoms with Crippen molar-refractivity contribution in [1.29, 1.82) is 0 Å². The van der Waals surface area contributed by atoms with Gasteiger partial charge in [-0.1, -0.05) is 27.4 Å². The van der Waals surface area contributed by atoms with Crippen LogP contribution in [-0.2, 0) is 19.1 Å². The van der Waals surface area contributed by atoms with Crippen LogP contribution in [0, 0.1) is 28.1 Å². The zero-order valence-electron chi connectivity index (χ0n) is 16.7. The molecule has 5 heteroatoms. The summed E-state index contributed by atoms with van der Waals surface area (Å²) in [6, 6.07) is 0. The number of aliphatic hydroxyl groups excluding tert-OH is 1. The zero-order valence-corrected chi connectivity index (χ0v) is 16.7. The van der Waals surface area contributed by atoms with E-state index in [0.717, 1.165) is 19.3 Å². The Morgan fingerprint density at radius 2 is 2.00 bits per heavy atom. The fourth-order valence-corrected chi connectivity index (χ4v) is 8.29. The van der Waals surface area contributed by atoms with Crippen molar-refractivity contribution >= 4 is 11.8 Å². The summed E-state index contributed by atoms with van der Waals surface area (Å²) in [6.45, 7) is 12.0. The molecule has 148 valence electrons. The number of hydrogen-bond donors (Lipinski definition) is 1. The third-order valence-corrected chi connectivity index (χ3v) is 9.01. The van der Waals surface area contributed by atoms with Crippen LogP contribution in [-0.4, -0.2) is 40.8 Å². The van der Waals surface area contributed by atoms with Gasteiger partial charge >= 0.3 is 5.97 Å². The van der Waals surface area contributed by atoms with Gasteiger partial charge < -0.3 is 14.6 Å². The summed E-state index contributed by atoms with van der Waals surface area (Å²) in [6.07, 6.45) is 2.61. The average molecular weight is 374 g/mol. The molecule has 0 amide bonds. The molecule has 1 heterocycles. The van der Waals surface area contributed by atoms with Crippen molar-refractivity contribution < 1.29 is 24.2 Å². The summed E-state index contributed by atoms with van der Waals surface area (Å²) in [5.74, 6) is -0.152. The number of epoxide rings is 1. The van der Waals surface area contributed by atoms with Gasteiger partial charge in [0, 0.05) is 18.3 Å². The SMILES string of the molecule is C=C1C(=O)[C@]23C[C@H]1C[C@H]1O[C@]12[C@]1(C)[C@@H](OC(C)=O)CCC(C)(C)[C@H]1[C@@H](O)C3. The van der Waals surface area contributed by atoms with Gasteiger partial charge in [-0.3, -0.25) is 9.59 Å². The molecule has 5 rings (SSSR count). The minimum absolute atomic E-state index is 0.00796. The summed E-state index contributed by atoms with van der Waals surface area (Å²) < 4.78 is 12.3. The van der Waals surface area contributed by atoms with Crippen molar-refractivity contribution in [2.75, 3.05) is 0 Å². The van der Waals surface area contributed by atoms with E-state index in [4.69, 9.17) is 9.47 Å². The molecule has 8 atom stereocenters. The van der Waals surface area contributed by atoms with Crippen LogP contribution in [0.1, 0.15) is 59.8 Å². The Morgan fingerprint density at radius 1 is 1.30 bits per heavy atom. The van der Waals surface area contributed by atoms with E-state index in [0.29, 0.717) is 18.4 Å². The van der Waals surface area contributed by atoms with E-state index >= 15 is 0 Å². The zero-order chi connectivity index (χ0) is 19.6. The fraction of sp³-hybridized carbons (Fsp3) is 0.818. The summed E-state index contributed by atoms with van der Waals surface area (Å²) in [5, 5.41) is 11.4.